The average molecular weight is 263 g/mol. The molecule has 17 heavy (non-hydrogen) atoms. The number of nitrogens with one attached hydrogen (secondary N) is 1. The first-order valence-electron chi connectivity index (χ1n) is 5.90. The van der Waals surface area contributed by atoms with Crippen LogP contribution in [0.2, 0.25) is 0 Å². The van der Waals surface area contributed by atoms with Crippen LogP contribution >= 0.6 is 11.6 Å². The third kappa shape index (κ3) is 4.52. The fraction of sp³-hybridized carbons (Fsp3) is 0.818. The predicted molar refractivity (Wildman–Crippen MR) is 65.1 cm³/mol. The van der Waals surface area contributed by atoms with Crippen molar-refractivity contribution in [3.63, 3.8) is 0 Å². The Balaban J connectivity index is 2.43. The number of carbonyl (C=O) groups is 2. The zero-order valence-electron chi connectivity index (χ0n) is 10.2. The minimum absolute atomic E-state index is 0.0722. The number of imide groups is 1. The predicted octanol–water partition coefficient (Wildman–Crippen LogP) is 1.35. The second-order valence-electron chi connectivity index (χ2n) is 4.08. The van der Waals surface area contributed by atoms with Crippen LogP contribution in [0.1, 0.15) is 26.7 Å². The van der Waals surface area contributed by atoms with E-state index in [0.29, 0.717) is 19.7 Å². The molecule has 1 saturated heterocycles. The summed E-state index contributed by atoms with van der Waals surface area (Å²) in [4.78, 5) is 24.6. The summed E-state index contributed by atoms with van der Waals surface area (Å²) in [7, 11) is 0. The van der Waals surface area contributed by atoms with Crippen LogP contribution < -0.4 is 5.32 Å². The number of urea groups is 1. The van der Waals surface area contributed by atoms with Crippen LogP contribution in [-0.4, -0.2) is 48.0 Å². The molecule has 0 aromatic heterocycles. The Morgan fingerprint density at radius 2 is 2.29 bits per heavy atom. The monoisotopic (exact) mass is 262 g/mol. The first kappa shape index (κ1) is 14.3. The average Bonchev–Trinajstić information content (AvgIpc) is 2.29. The summed E-state index contributed by atoms with van der Waals surface area (Å²) < 4.78 is 5.48. The molecular weight excluding hydrogens is 244 g/mol. The minimum Gasteiger partial charge on any atom is -0.377 e. The Labute approximate surface area is 106 Å². The summed E-state index contributed by atoms with van der Waals surface area (Å²) in [6, 6.07) is -0.382. The van der Waals surface area contributed by atoms with Gasteiger partial charge in [-0.2, -0.15) is 0 Å². The highest BCUT2D eigenvalue weighted by Crippen LogP contribution is 2.13. The summed E-state index contributed by atoms with van der Waals surface area (Å²) in [6.07, 6.45) is 1.92. The van der Waals surface area contributed by atoms with Crippen molar-refractivity contribution in [3.8, 4) is 0 Å². The van der Waals surface area contributed by atoms with Crippen molar-refractivity contribution < 1.29 is 14.3 Å². The molecule has 0 spiro atoms. The molecule has 0 radical (unpaired) electrons. The highest BCUT2D eigenvalue weighted by molar-refractivity contribution is 6.31. The van der Waals surface area contributed by atoms with Gasteiger partial charge in [0.15, 0.2) is 0 Å². The number of nitrogens with zero attached hydrogens (tertiary/aromatic N) is 1. The molecule has 0 aliphatic carbocycles. The van der Waals surface area contributed by atoms with Crippen molar-refractivity contribution in [2.75, 3.05) is 19.7 Å². The summed E-state index contributed by atoms with van der Waals surface area (Å²) >= 11 is 5.58. The zero-order valence-corrected chi connectivity index (χ0v) is 11.0. The molecule has 1 aliphatic heterocycles. The molecule has 98 valence electrons. The van der Waals surface area contributed by atoms with Crippen molar-refractivity contribution in [3.05, 3.63) is 0 Å². The first-order valence-corrected chi connectivity index (χ1v) is 6.33. The Morgan fingerprint density at radius 1 is 1.59 bits per heavy atom. The summed E-state index contributed by atoms with van der Waals surface area (Å²) in [5.74, 6) is -0.463. The van der Waals surface area contributed by atoms with Crippen LogP contribution in [0.4, 0.5) is 4.79 Å². The van der Waals surface area contributed by atoms with Crippen molar-refractivity contribution in [2.24, 2.45) is 0 Å². The maximum Gasteiger partial charge on any atom is 0.324 e. The van der Waals surface area contributed by atoms with Gasteiger partial charge in [-0.15, -0.1) is 11.6 Å². The number of ether oxygens (including phenoxy) is 1. The third-order valence-corrected chi connectivity index (χ3v) is 2.86. The maximum absolute atomic E-state index is 11.7. The van der Waals surface area contributed by atoms with Gasteiger partial charge in [-0.3, -0.25) is 10.1 Å². The fourth-order valence-electron chi connectivity index (χ4n) is 1.78. The molecule has 1 rings (SSSR count). The lowest BCUT2D eigenvalue weighted by Gasteiger charge is -2.32. The van der Waals surface area contributed by atoms with Crippen LogP contribution in [0.3, 0.4) is 0 Å². The largest absolute Gasteiger partial charge is 0.377 e. The smallest absolute Gasteiger partial charge is 0.324 e. The van der Waals surface area contributed by atoms with E-state index in [9.17, 15) is 9.59 Å². The van der Waals surface area contributed by atoms with E-state index in [-0.39, 0.29) is 12.1 Å². The van der Waals surface area contributed by atoms with Gasteiger partial charge in [-0.1, -0.05) is 0 Å². The number of hydrogen-bond acceptors (Lipinski definition) is 3. The van der Waals surface area contributed by atoms with Gasteiger partial charge < -0.3 is 9.64 Å². The number of piperidine rings is 1. The molecule has 1 aliphatic rings. The van der Waals surface area contributed by atoms with E-state index in [4.69, 9.17) is 16.3 Å². The second-order valence-corrected chi connectivity index (χ2v) is 4.73. The van der Waals surface area contributed by atoms with Gasteiger partial charge in [0.05, 0.1) is 6.10 Å². The molecule has 0 aromatic rings. The molecule has 2 atom stereocenters. The highest BCUT2D eigenvalue weighted by Gasteiger charge is 2.25. The Kier molecular flexibility index (Phi) is 5.71. The fourth-order valence-corrected chi connectivity index (χ4v) is 1.83. The lowest BCUT2D eigenvalue weighted by Crippen LogP contribution is -2.50. The van der Waals surface area contributed by atoms with Gasteiger partial charge in [0, 0.05) is 19.7 Å². The van der Waals surface area contributed by atoms with Crippen LogP contribution in [0.15, 0.2) is 0 Å². The number of amides is 3. The van der Waals surface area contributed by atoms with Crippen molar-refractivity contribution in [2.45, 2.75) is 38.2 Å². The molecule has 0 bridgehead atoms. The van der Waals surface area contributed by atoms with E-state index < -0.39 is 11.3 Å². The quantitative estimate of drug-likeness (QED) is 0.781. The standard InChI is InChI=1S/C11H19ClN2O3/c1-3-17-9-5-4-6-14(7-9)11(16)13-10(15)8(2)12/h8-9H,3-7H2,1-2H3,(H,13,15,16). The molecule has 1 heterocycles. The molecule has 1 fully saturated rings. The van der Waals surface area contributed by atoms with Gasteiger partial charge in [0.25, 0.3) is 0 Å². The maximum atomic E-state index is 11.7. The molecule has 6 heteroatoms. The molecular formula is C11H19ClN2O3. The van der Waals surface area contributed by atoms with Gasteiger partial charge in [0.1, 0.15) is 5.38 Å². The van der Waals surface area contributed by atoms with Crippen LogP contribution in [0, 0.1) is 0 Å². The number of hydrogen-bond donors (Lipinski definition) is 1. The van der Waals surface area contributed by atoms with E-state index in [1.807, 2.05) is 6.92 Å². The molecule has 1 N–H and O–H groups in total. The van der Waals surface area contributed by atoms with Crippen LogP contribution in [0.5, 0.6) is 0 Å². The van der Waals surface area contributed by atoms with Crippen LogP contribution in [-0.2, 0) is 9.53 Å². The SMILES string of the molecule is CCOC1CCCN(C(=O)NC(=O)C(C)Cl)C1. The number of likely N-dealkylation sites (tertiary alicyclic amines) is 1. The van der Waals surface area contributed by atoms with Crippen LogP contribution in [0.25, 0.3) is 0 Å². The molecule has 2 unspecified atom stereocenters. The van der Waals surface area contributed by atoms with Gasteiger partial charge >= 0.3 is 6.03 Å². The number of halogens is 1. The van der Waals surface area contributed by atoms with Gasteiger partial charge in [-0.25, -0.2) is 4.79 Å². The number of alkyl halides is 1. The van der Waals surface area contributed by atoms with E-state index in [1.54, 1.807) is 4.90 Å². The lowest BCUT2D eigenvalue weighted by molar-refractivity contribution is -0.119. The Morgan fingerprint density at radius 3 is 2.88 bits per heavy atom. The van der Waals surface area contributed by atoms with E-state index in [1.165, 1.54) is 6.92 Å². The molecule has 0 aromatic carbocycles. The third-order valence-electron chi connectivity index (χ3n) is 2.66. The topological polar surface area (TPSA) is 58.6 Å². The summed E-state index contributed by atoms with van der Waals surface area (Å²) in [5.41, 5.74) is 0. The molecule has 5 nitrogen and oxygen atoms in total. The normalized spacial score (nSPS) is 22.1. The first-order chi connectivity index (χ1) is 8.04. The van der Waals surface area contributed by atoms with E-state index in [0.717, 1.165) is 12.8 Å². The lowest BCUT2D eigenvalue weighted by atomic mass is 10.1. The zero-order chi connectivity index (χ0) is 12.8. The van der Waals surface area contributed by atoms with E-state index >= 15 is 0 Å². The Bertz CT molecular complexity index is 282. The number of carbonyl (C=O) groups excluding carboxylic acids is 2. The number of rotatable bonds is 3. The van der Waals surface area contributed by atoms with Crippen molar-refractivity contribution >= 4 is 23.5 Å². The highest BCUT2D eigenvalue weighted by atomic mass is 35.5. The summed E-state index contributed by atoms with van der Waals surface area (Å²) in [5, 5.41) is 1.57. The van der Waals surface area contributed by atoms with Gasteiger partial charge in [0.2, 0.25) is 5.91 Å². The molecule has 3 amide bonds. The Hall–Kier alpha value is -0.810. The van der Waals surface area contributed by atoms with Crippen molar-refractivity contribution in [1.82, 2.24) is 10.2 Å². The van der Waals surface area contributed by atoms with Crippen molar-refractivity contribution in [1.29, 1.82) is 0 Å². The second kappa shape index (κ2) is 6.81. The minimum atomic E-state index is -0.702. The van der Waals surface area contributed by atoms with Gasteiger partial charge in [-0.05, 0) is 26.7 Å². The summed E-state index contributed by atoms with van der Waals surface area (Å²) in [6.45, 7) is 5.28. The molecule has 0 saturated carbocycles. The van der Waals surface area contributed by atoms with E-state index in [2.05, 4.69) is 5.32 Å².